The van der Waals surface area contributed by atoms with E-state index in [0.29, 0.717) is 11.7 Å². The Hall–Kier alpha value is -0.650. The number of nitrogens with zero attached hydrogens (tertiary/aromatic N) is 1. The van der Waals surface area contributed by atoms with Gasteiger partial charge < -0.3 is 15.4 Å². The highest BCUT2D eigenvalue weighted by Crippen LogP contribution is 1.94. The number of morpholine rings is 1. The molecule has 1 heterocycles. The number of ether oxygens (including phenoxy) is 1. The van der Waals surface area contributed by atoms with Crippen molar-refractivity contribution in [3.63, 3.8) is 0 Å². The van der Waals surface area contributed by atoms with Gasteiger partial charge in [-0.1, -0.05) is 6.08 Å². The van der Waals surface area contributed by atoms with Gasteiger partial charge in [0.05, 0.1) is 13.2 Å². The molecule has 1 aliphatic rings. The Morgan fingerprint density at radius 3 is 2.80 bits per heavy atom. The standard InChI is InChI=1S/C10H19N3OS/c1-2-3-11-10(15)12-4-5-13-6-8-14-9-7-13/h2H,1,3-9H2,(H2,11,12,15). The average molecular weight is 229 g/mol. The van der Waals surface area contributed by atoms with Crippen LogP contribution in [-0.2, 0) is 4.74 Å². The van der Waals surface area contributed by atoms with Crippen LogP contribution in [0.25, 0.3) is 0 Å². The van der Waals surface area contributed by atoms with Crippen LogP contribution in [0.2, 0.25) is 0 Å². The summed E-state index contributed by atoms with van der Waals surface area (Å²) in [5, 5.41) is 6.88. The van der Waals surface area contributed by atoms with Crippen molar-refractivity contribution in [3.05, 3.63) is 12.7 Å². The fourth-order valence-electron chi connectivity index (χ4n) is 1.38. The van der Waals surface area contributed by atoms with Crippen LogP contribution in [-0.4, -0.2) is 55.9 Å². The van der Waals surface area contributed by atoms with Crippen molar-refractivity contribution in [1.82, 2.24) is 15.5 Å². The van der Waals surface area contributed by atoms with Gasteiger partial charge >= 0.3 is 0 Å². The second-order valence-electron chi connectivity index (χ2n) is 3.38. The zero-order valence-electron chi connectivity index (χ0n) is 9.00. The van der Waals surface area contributed by atoms with Crippen molar-refractivity contribution in [1.29, 1.82) is 0 Å². The smallest absolute Gasteiger partial charge is 0.166 e. The van der Waals surface area contributed by atoms with Gasteiger partial charge in [-0.3, -0.25) is 4.90 Å². The molecular weight excluding hydrogens is 210 g/mol. The highest BCUT2D eigenvalue weighted by Gasteiger charge is 2.08. The van der Waals surface area contributed by atoms with Crippen LogP contribution in [0.15, 0.2) is 12.7 Å². The number of thiocarbonyl (C=S) groups is 1. The van der Waals surface area contributed by atoms with Crippen molar-refractivity contribution in [2.45, 2.75) is 0 Å². The number of hydrogen-bond donors (Lipinski definition) is 2. The fraction of sp³-hybridized carbons (Fsp3) is 0.700. The molecule has 1 aliphatic heterocycles. The first-order valence-electron chi connectivity index (χ1n) is 5.25. The largest absolute Gasteiger partial charge is 0.379 e. The molecule has 0 bridgehead atoms. The molecule has 0 unspecified atom stereocenters. The Morgan fingerprint density at radius 1 is 1.40 bits per heavy atom. The van der Waals surface area contributed by atoms with E-state index in [1.54, 1.807) is 6.08 Å². The van der Waals surface area contributed by atoms with Crippen molar-refractivity contribution >= 4 is 17.3 Å². The van der Waals surface area contributed by atoms with E-state index in [9.17, 15) is 0 Å². The normalized spacial score (nSPS) is 17.1. The third-order valence-electron chi connectivity index (χ3n) is 2.22. The van der Waals surface area contributed by atoms with Crippen molar-refractivity contribution < 1.29 is 4.74 Å². The first-order valence-corrected chi connectivity index (χ1v) is 5.66. The number of nitrogens with one attached hydrogen (secondary N) is 2. The Bertz CT molecular complexity index is 205. The van der Waals surface area contributed by atoms with Gasteiger partial charge in [-0.15, -0.1) is 6.58 Å². The Labute approximate surface area is 96.7 Å². The summed E-state index contributed by atoms with van der Waals surface area (Å²) in [6, 6.07) is 0. The SMILES string of the molecule is C=CCNC(=S)NCCN1CCOCC1. The number of hydrogen-bond acceptors (Lipinski definition) is 3. The van der Waals surface area contributed by atoms with Crippen LogP contribution >= 0.6 is 12.2 Å². The minimum atomic E-state index is 0.697. The molecule has 0 aromatic rings. The second-order valence-corrected chi connectivity index (χ2v) is 3.79. The first kappa shape index (κ1) is 12.4. The third kappa shape index (κ3) is 5.71. The Balaban J connectivity index is 1.99. The molecule has 2 N–H and O–H groups in total. The maximum atomic E-state index is 5.27. The van der Waals surface area contributed by atoms with E-state index in [0.717, 1.165) is 39.4 Å². The van der Waals surface area contributed by atoms with Gasteiger partial charge in [-0.05, 0) is 12.2 Å². The highest BCUT2D eigenvalue weighted by atomic mass is 32.1. The molecule has 0 atom stereocenters. The van der Waals surface area contributed by atoms with Crippen LogP contribution < -0.4 is 10.6 Å². The molecule has 5 heteroatoms. The molecule has 0 aromatic heterocycles. The van der Waals surface area contributed by atoms with Gasteiger partial charge in [0.1, 0.15) is 0 Å². The summed E-state index contributed by atoms with van der Waals surface area (Å²) < 4.78 is 5.27. The molecule has 0 saturated carbocycles. The maximum absolute atomic E-state index is 5.27. The van der Waals surface area contributed by atoms with E-state index >= 15 is 0 Å². The van der Waals surface area contributed by atoms with E-state index in [-0.39, 0.29) is 0 Å². The minimum absolute atomic E-state index is 0.697. The molecular formula is C10H19N3OS. The van der Waals surface area contributed by atoms with Gasteiger partial charge in [-0.2, -0.15) is 0 Å². The highest BCUT2D eigenvalue weighted by molar-refractivity contribution is 7.80. The van der Waals surface area contributed by atoms with Gasteiger partial charge in [0, 0.05) is 32.7 Å². The Morgan fingerprint density at radius 2 is 2.13 bits per heavy atom. The van der Waals surface area contributed by atoms with Crippen molar-refractivity contribution in [2.24, 2.45) is 0 Å². The predicted octanol–water partition coefficient (Wildman–Crippen LogP) is -0.0313. The summed E-state index contributed by atoms with van der Waals surface area (Å²) in [5.41, 5.74) is 0. The van der Waals surface area contributed by atoms with Crippen LogP contribution in [0.5, 0.6) is 0 Å². The summed E-state index contributed by atoms with van der Waals surface area (Å²) in [4.78, 5) is 2.37. The van der Waals surface area contributed by atoms with E-state index in [4.69, 9.17) is 17.0 Å². The summed E-state index contributed by atoms with van der Waals surface area (Å²) in [6.45, 7) is 9.95. The summed E-state index contributed by atoms with van der Waals surface area (Å²) in [6.07, 6.45) is 1.79. The topological polar surface area (TPSA) is 36.5 Å². The average Bonchev–Trinajstić information content (AvgIpc) is 2.28. The zero-order chi connectivity index (χ0) is 10.9. The lowest BCUT2D eigenvalue weighted by atomic mass is 10.4. The quantitative estimate of drug-likeness (QED) is 0.511. The first-order chi connectivity index (χ1) is 7.33. The van der Waals surface area contributed by atoms with E-state index in [1.165, 1.54) is 0 Å². The van der Waals surface area contributed by atoms with Gasteiger partial charge in [0.25, 0.3) is 0 Å². The lowest BCUT2D eigenvalue weighted by Gasteiger charge is -2.26. The molecule has 0 amide bonds. The van der Waals surface area contributed by atoms with Crippen molar-refractivity contribution in [2.75, 3.05) is 45.9 Å². The molecule has 1 fully saturated rings. The predicted molar refractivity (Wildman–Crippen MR) is 66.1 cm³/mol. The number of rotatable bonds is 5. The molecule has 86 valence electrons. The van der Waals surface area contributed by atoms with Crippen LogP contribution in [0.3, 0.4) is 0 Å². The molecule has 15 heavy (non-hydrogen) atoms. The lowest BCUT2D eigenvalue weighted by Crippen LogP contribution is -2.43. The van der Waals surface area contributed by atoms with Gasteiger partial charge in [-0.25, -0.2) is 0 Å². The fourth-order valence-corrected chi connectivity index (χ4v) is 1.57. The molecule has 0 spiro atoms. The zero-order valence-corrected chi connectivity index (χ0v) is 9.81. The van der Waals surface area contributed by atoms with Crippen LogP contribution in [0.1, 0.15) is 0 Å². The lowest BCUT2D eigenvalue weighted by molar-refractivity contribution is 0.0389. The Kier molecular flexibility index (Phi) is 6.31. The summed E-state index contributed by atoms with van der Waals surface area (Å²) in [5.74, 6) is 0. The van der Waals surface area contributed by atoms with Gasteiger partial charge in [0.2, 0.25) is 0 Å². The van der Waals surface area contributed by atoms with Crippen LogP contribution in [0, 0.1) is 0 Å². The third-order valence-corrected chi connectivity index (χ3v) is 2.51. The molecule has 1 saturated heterocycles. The maximum Gasteiger partial charge on any atom is 0.166 e. The van der Waals surface area contributed by atoms with E-state index < -0.39 is 0 Å². The minimum Gasteiger partial charge on any atom is -0.379 e. The van der Waals surface area contributed by atoms with E-state index in [1.807, 2.05) is 0 Å². The molecule has 0 aliphatic carbocycles. The van der Waals surface area contributed by atoms with E-state index in [2.05, 4.69) is 22.1 Å². The van der Waals surface area contributed by atoms with Gasteiger partial charge in [0.15, 0.2) is 5.11 Å². The summed E-state index contributed by atoms with van der Waals surface area (Å²) in [7, 11) is 0. The van der Waals surface area contributed by atoms with Crippen molar-refractivity contribution in [3.8, 4) is 0 Å². The monoisotopic (exact) mass is 229 g/mol. The second kappa shape index (κ2) is 7.62. The summed E-state index contributed by atoms with van der Waals surface area (Å²) >= 11 is 5.07. The molecule has 0 radical (unpaired) electrons. The molecule has 4 nitrogen and oxygen atoms in total. The molecule has 1 rings (SSSR count). The van der Waals surface area contributed by atoms with Crippen LogP contribution in [0.4, 0.5) is 0 Å². The molecule has 0 aromatic carbocycles.